The lowest BCUT2D eigenvalue weighted by Gasteiger charge is -2.32. The van der Waals surface area contributed by atoms with Crippen LogP contribution in [0.5, 0.6) is 23.0 Å². The van der Waals surface area contributed by atoms with Crippen LogP contribution in [-0.2, 0) is 9.53 Å². The van der Waals surface area contributed by atoms with Crippen molar-refractivity contribution in [2.75, 3.05) is 63.7 Å². The van der Waals surface area contributed by atoms with Gasteiger partial charge in [-0.05, 0) is 68.3 Å². The maximum Gasteiger partial charge on any atom is 0.216 e. The van der Waals surface area contributed by atoms with Gasteiger partial charge in [-0.15, -0.1) is 0 Å². The van der Waals surface area contributed by atoms with Crippen molar-refractivity contribution in [3.63, 3.8) is 0 Å². The zero-order chi connectivity index (χ0) is 44.3. The number of fused-ring (bicyclic) bond motifs is 2. The van der Waals surface area contributed by atoms with Gasteiger partial charge in [-0.25, -0.2) is 28.7 Å². The number of piperidine rings is 1. The Bertz CT molecular complexity index is 2530. The number of likely N-dealkylation sites (tertiary alicyclic amines) is 1. The van der Waals surface area contributed by atoms with Crippen LogP contribution in [0.4, 0.5) is 31.8 Å². The van der Waals surface area contributed by atoms with E-state index in [0.29, 0.717) is 83.4 Å². The number of ether oxygens (including phenoxy) is 5. The van der Waals surface area contributed by atoms with Gasteiger partial charge in [0.05, 0.1) is 48.0 Å². The van der Waals surface area contributed by atoms with Gasteiger partial charge in [0, 0.05) is 80.2 Å². The van der Waals surface area contributed by atoms with Gasteiger partial charge >= 0.3 is 0 Å². The predicted octanol–water partition coefficient (Wildman–Crippen LogP) is 9.28. The first-order valence-electron chi connectivity index (χ1n) is 20.6. The van der Waals surface area contributed by atoms with Crippen molar-refractivity contribution in [1.82, 2.24) is 30.2 Å². The average Bonchev–Trinajstić information content (AvgIpc) is 3.28. The van der Waals surface area contributed by atoms with E-state index < -0.39 is 11.6 Å². The summed E-state index contributed by atoms with van der Waals surface area (Å²) in [5, 5.41) is 10.8. The van der Waals surface area contributed by atoms with Gasteiger partial charge in [0.2, 0.25) is 5.91 Å². The van der Waals surface area contributed by atoms with Crippen molar-refractivity contribution in [2.45, 2.75) is 51.7 Å². The number of carbonyl (C=O) groups excluding carboxylic acids is 1. The topological polar surface area (TPSA) is 154 Å². The lowest BCUT2D eigenvalue weighted by atomic mass is 10.1. The van der Waals surface area contributed by atoms with Crippen LogP contribution in [-0.4, -0.2) is 96.1 Å². The highest BCUT2D eigenvalue weighted by Crippen LogP contribution is 2.38. The molecule has 8 rings (SSSR count). The van der Waals surface area contributed by atoms with Crippen LogP contribution in [0, 0.1) is 11.6 Å². The summed E-state index contributed by atoms with van der Waals surface area (Å²) in [5.74, 6) is 2.63. The molecule has 4 aromatic carbocycles. The summed E-state index contributed by atoms with van der Waals surface area (Å²) in [7, 11) is 1.60. The van der Waals surface area contributed by atoms with Gasteiger partial charge in [0.1, 0.15) is 48.1 Å². The standard InChI is InChI=1S/C24H27ClFN5O3.C21H21ClFN3O3/c1-15(32)27-7-10-31-8-5-17(6-9-31)34-23-12-18-21(13-22(23)33-2)28-14-29-24(18)30-16-3-4-20(26)19(25)11-16;1-2-28-19-11-18-15(10-20(19)29-14-5-7-27-8-6-14)21(25-12-24-18)26-13-3-4-17(23)16(22)9-13/h3-4,11-14,17H,5-10H2,1-2H3,(H,27,32)(H,28,29,30);3-4,9-12,14H,2,5-8H2,1H3,(H,24,25,26). The van der Waals surface area contributed by atoms with E-state index in [0.717, 1.165) is 56.1 Å². The highest BCUT2D eigenvalue weighted by Gasteiger charge is 2.23. The molecule has 0 saturated carbocycles. The number of hydrogen-bond acceptors (Lipinski definition) is 13. The third kappa shape index (κ3) is 12.0. The van der Waals surface area contributed by atoms with Crippen molar-refractivity contribution in [3.05, 3.63) is 95.0 Å². The summed E-state index contributed by atoms with van der Waals surface area (Å²) in [5.41, 5.74) is 2.62. The van der Waals surface area contributed by atoms with E-state index in [2.05, 4.69) is 40.8 Å². The molecule has 2 aliphatic heterocycles. The van der Waals surface area contributed by atoms with Crippen LogP contribution in [0.1, 0.15) is 39.5 Å². The van der Waals surface area contributed by atoms with E-state index in [-0.39, 0.29) is 28.2 Å². The molecule has 2 fully saturated rings. The first-order chi connectivity index (χ1) is 30.6. The summed E-state index contributed by atoms with van der Waals surface area (Å²) in [6.45, 7) is 8.58. The molecule has 0 spiro atoms. The number of anilines is 4. The molecule has 0 bridgehead atoms. The van der Waals surface area contributed by atoms with Crippen LogP contribution in [0.25, 0.3) is 21.8 Å². The van der Waals surface area contributed by atoms with Crippen molar-refractivity contribution in [3.8, 4) is 23.0 Å². The molecule has 3 N–H and O–H groups in total. The molecular formula is C45H48Cl2F2N8O6. The second kappa shape index (κ2) is 21.5. The molecule has 0 unspecified atom stereocenters. The van der Waals surface area contributed by atoms with Crippen LogP contribution < -0.4 is 34.9 Å². The van der Waals surface area contributed by atoms with Crippen molar-refractivity contribution in [1.29, 1.82) is 0 Å². The summed E-state index contributed by atoms with van der Waals surface area (Å²) in [4.78, 5) is 30.8. The van der Waals surface area contributed by atoms with Crippen LogP contribution >= 0.6 is 23.2 Å². The first-order valence-corrected chi connectivity index (χ1v) is 21.4. The molecule has 0 aliphatic carbocycles. The number of rotatable bonds is 14. The summed E-state index contributed by atoms with van der Waals surface area (Å²) in [6.07, 6.45) is 6.41. The number of nitrogens with one attached hydrogen (secondary N) is 3. The minimum absolute atomic E-state index is 0.0121. The van der Waals surface area contributed by atoms with Crippen molar-refractivity contribution >= 4 is 73.9 Å². The second-order valence-corrected chi connectivity index (χ2v) is 15.6. The van der Waals surface area contributed by atoms with Crippen molar-refractivity contribution < 1.29 is 37.3 Å². The number of nitrogens with zero attached hydrogens (tertiary/aromatic N) is 5. The molecule has 2 aromatic heterocycles. The molecule has 6 aromatic rings. The monoisotopic (exact) mass is 904 g/mol. The fourth-order valence-corrected chi connectivity index (χ4v) is 7.52. The Balaban J connectivity index is 0.000000191. The molecule has 0 radical (unpaired) electrons. The quantitative estimate of drug-likeness (QED) is 0.0953. The molecule has 63 heavy (non-hydrogen) atoms. The second-order valence-electron chi connectivity index (χ2n) is 14.8. The maximum atomic E-state index is 13.5. The number of methoxy groups -OCH3 is 1. The number of hydrogen-bond donors (Lipinski definition) is 3. The highest BCUT2D eigenvalue weighted by atomic mass is 35.5. The molecule has 332 valence electrons. The van der Waals surface area contributed by atoms with E-state index >= 15 is 0 Å². The Labute approximate surface area is 373 Å². The summed E-state index contributed by atoms with van der Waals surface area (Å²) >= 11 is 11.8. The van der Waals surface area contributed by atoms with E-state index in [1.54, 1.807) is 19.2 Å². The maximum absolute atomic E-state index is 13.5. The zero-order valence-corrected chi connectivity index (χ0v) is 36.6. The smallest absolute Gasteiger partial charge is 0.216 e. The van der Waals surface area contributed by atoms with Gasteiger partial charge in [-0.2, -0.15) is 0 Å². The Morgan fingerprint density at radius 2 is 1.27 bits per heavy atom. The van der Waals surface area contributed by atoms with Gasteiger partial charge in [0.25, 0.3) is 0 Å². The fourth-order valence-electron chi connectivity index (χ4n) is 7.15. The lowest BCUT2D eigenvalue weighted by molar-refractivity contribution is -0.119. The summed E-state index contributed by atoms with van der Waals surface area (Å²) < 4.78 is 56.3. The van der Waals surface area contributed by atoms with E-state index in [1.165, 1.54) is 43.8 Å². The largest absolute Gasteiger partial charge is 0.493 e. The molecule has 14 nitrogen and oxygen atoms in total. The van der Waals surface area contributed by atoms with Gasteiger partial charge in [-0.3, -0.25) is 4.79 Å². The number of carbonyl (C=O) groups is 1. The number of benzene rings is 4. The fraction of sp³-hybridized carbons (Fsp3) is 0.356. The number of amides is 1. The van der Waals surface area contributed by atoms with Gasteiger partial charge < -0.3 is 44.5 Å². The van der Waals surface area contributed by atoms with Crippen LogP contribution in [0.2, 0.25) is 10.0 Å². The normalized spacial score (nSPS) is 14.7. The van der Waals surface area contributed by atoms with Gasteiger partial charge in [0.15, 0.2) is 23.0 Å². The Kier molecular flexibility index (Phi) is 15.4. The van der Waals surface area contributed by atoms with E-state index in [9.17, 15) is 13.6 Å². The Morgan fingerprint density at radius 3 is 1.78 bits per heavy atom. The average molecular weight is 906 g/mol. The third-order valence-corrected chi connectivity index (χ3v) is 11.0. The Morgan fingerprint density at radius 1 is 0.746 bits per heavy atom. The van der Waals surface area contributed by atoms with E-state index in [4.69, 9.17) is 46.9 Å². The van der Waals surface area contributed by atoms with Crippen LogP contribution in [0.15, 0.2) is 73.3 Å². The minimum Gasteiger partial charge on any atom is -0.493 e. The molecule has 1 amide bonds. The van der Waals surface area contributed by atoms with Crippen molar-refractivity contribution in [2.24, 2.45) is 0 Å². The third-order valence-electron chi connectivity index (χ3n) is 10.4. The van der Waals surface area contributed by atoms with E-state index in [1.807, 2.05) is 31.2 Å². The number of halogens is 4. The minimum atomic E-state index is -0.485. The molecule has 2 saturated heterocycles. The molecule has 2 aliphatic rings. The molecule has 0 atom stereocenters. The summed E-state index contributed by atoms with van der Waals surface area (Å²) in [6, 6.07) is 16.2. The van der Waals surface area contributed by atoms with Crippen LogP contribution in [0.3, 0.4) is 0 Å². The molecule has 18 heteroatoms. The highest BCUT2D eigenvalue weighted by molar-refractivity contribution is 6.31. The lowest BCUT2D eigenvalue weighted by Crippen LogP contribution is -2.41. The Hall–Kier alpha value is -5.81. The molecule has 4 heterocycles. The number of aromatic nitrogens is 4. The van der Waals surface area contributed by atoms with Gasteiger partial charge in [-0.1, -0.05) is 23.2 Å². The predicted molar refractivity (Wildman–Crippen MR) is 239 cm³/mol. The SMILES string of the molecule is CCOc1cc2ncnc(Nc3ccc(F)c(Cl)c3)c2cc1OC1CCOCC1.COc1cc2ncnc(Nc3ccc(F)c(Cl)c3)c2cc1OC1CCN(CCNC(C)=O)CC1. The molecular weight excluding hydrogens is 857 g/mol. The first kappa shape index (κ1) is 45.2. The zero-order valence-electron chi connectivity index (χ0n) is 35.1.